The van der Waals surface area contributed by atoms with E-state index < -0.39 is 0 Å². The Kier molecular flexibility index (Phi) is 8.46. The zero-order valence-electron chi connectivity index (χ0n) is 8.42. The average molecular weight is 330 g/mol. The molecule has 0 amide bonds. The zero-order valence-corrected chi connectivity index (χ0v) is 11.4. The Balaban J connectivity index is 3.67. The number of carbonyl (C=O) groups excluding carboxylic acids is 1. The minimum absolute atomic E-state index is 0.104. The fraction of sp³-hybridized carbons (Fsp3) is 0.778. The number of rotatable bonds is 6. The maximum absolute atomic E-state index is 11.0. The third-order valence-electron chi connectivity index (χ3n) is 1.45. The Morgan fingerprint density at radius 1 is 1.36 bits per heavy atom. The van der Waals surface area contributed by atoms with E-state index >= 15 is 0 Å². The van der Waals surface area contributed by atoms with Crippen LogP contribution in [0, 0.1) is 0 Å². The number of ether oxygens (including phenoxy) is 2. The first-order chi connectivity index (χ1) is 6.61. The third kappa shape index (κ3) is 6.53. The minimum atomic E-state index is -0.173. The molecule has 0 bridgehead atoms. The highest BCUT2D eigenvalue weighted by Crippen LogP contribution is 2.12. The molecule has 0 heterocycles. The molecule has 0 aliphatic heterocycles. The molecule has 0 rings (SSSR count). The van der Waals surface area contributed by atoms with Crippen molar-refractivity contribution in [3.8, 4) is 0 Å². The van der Waals surface area contributed by atoms with E-state index in [1.165, 1.54) is 0 Å². The SMILES string of the molecule is CCOC(=O)CCC(I)C(=S)OCC. The van der Waals surface area contributed by atoms with Gasteiger partial charge in [-0.25, -0.2) is 0 Å². The predicted octanol–water partition coefficient (Wildman–Crippen LogP) is 2.50. The highest BCUT2D eigenvalue weighted by Gasteiger charge is 2.13. The maximum atomic E-state index is 11.0. The van der Waals surface area contributed by atoms with Gasteiger partial charge in [0.05, 0.1) is 17.1 Å². The van der Waals surface area contributed by atoms with Crippen LogP contribution in [-0.2, 0) is 14.3 Å². The summed E-state index contributed by atoms with van der Waals surface area (Å²) in [6.07, 6.45) is 1.08. The van der Waals surface area contributed by atoms with Crippen LogP contribution in [0.4, 0.5) is 0 Å². The Morgan fingerprint density at radius 3 is 2.43 bits per heavy atom. The molecule has 0 spiro atoms. The lowest BCUT2D eigenvalue weighted by atomic mass is 10.2. The molecule has 5 heteroatoms. The first-order valence-corrected chi connectivity index (χ1v) is 6.23. The van der Waals surface area contributed by atoms with Crippen LogP contribution in [-0.4, -0.2) is 28.2 Å². The fourth-order valence-corrected chi connectivity index (χ4v) is 1.56. The number of alkyl halides is 1. The van der Waals surface area contributed by atoms with Gasteiger partial charge in [-0.1, -0.05) is 22.6 Å². The van der Waals surface area contributed by atoms with Crippen LogP contribution >= 0.6 is 34.8 Å². The molecule has 3 nitrogen and oxygen atoms in total. The second-order valence-electron chi connectivity index (χ2n) is 2.56. The van der Waals surface area contributed by atoms with E-state index in [9.17, 15) is 4.79 Å². The van der Waals surface area contributed by atoms with E-state index in [2.05, 4.69) is 22.6 Å². The quantitative estimate of drug-likeness (QED) is 0.324. The summed E-state index contributed by atoms with van der Waals surface area (Å²) in [5, 5.41) is 0.567. The summed E-state index contributed by atoms with van der Waals surface area (Å²) in [5.74, 6) is -0.173. The van der Waals surface area contributed by atoms with Crippen LogP contribution in [0.2, 0.25) is 0 Å². The van der Waals surface area contributed by atoms with Crippen molar-refractivity contribution < 1.29 is 14.3 Å². The van der Waals surface area contributed by atoms with Crippen molar-refractivity contribution in [1.29, 1.82) is 0 Å². The van der Waals surface area contributed by atoms with E-state index in [-0.39, 0.29) is 9.89 Å². The van der Waals surface area contributed by atoms with Crippen LogP contribution in [0.1, 0.15) is 26.7 Å². The Hall–Kier alpha value is 0.0900. The molecule has 14 heavy (non-hydrogen) atoms. The zero-order chi connectivity index (χ0) is 11.0. The lowest BCUT2D eigenvalue weighted by Gasteiger charge is -2.10. The van der Waals surface area contributed by atoms with Gasteiger partial charge in [-0.05, 0) is 32.5 Å². The highest BCUT2D eigenvalue weighted by atomic mass is 127. The van der Waals surface area contributed by atoms with Gasteiger partial charge in [0.2, 0.25) is 0 Å². The van der Waals surface area contributed by atoms with E-state index in [4.69, 9.17) is 21.7 Å². The molecule has 1 unspecified atom stereocenters. The summed E-state index contributed by atoms with van der Waals surface area (Å²) >= 11 is 7.19. The third-order valence-corrected chi connectivity index (χ3v) is 3.46. The smallest absolute Gasteiger partial charge is 0.305 e. The summed E-state index contributed by atoms with van der Waals surface area (Å²) in [5.41, 5.74) is 0. The van der Waals surface area contributed by atoms with Gasteiger partial charge in [0.1, 0.15) is 0 Å². The van der Waals surface area contributed by atoms with E-state index in [1.54, 1.807) is 6.92 Å². The Labute approximate surface area is 104 Å². The van der Waals surface area contributed by atoms with Crippen molar-refractivity contribution in [2.75, 3.05) is 13.2 Å². The van der Waals surface area contributed by atoms with Gasteiger partial charge in [0.15, 0.2) is 5.05 Å². The van der Waals surface area contributed by atoms with Crippen molar-refractivity contribution in [2.45, 2.75) is 30.6 Å². The highest BCUT2D eigenvalue weighted by molar-refractivity contribution is 14.1. The molecule has 0 aliphatic carbocycles. The Bertz CT molecular complexity index is 196. The first kappa shape index (κ1) is 14.1. The van der Waals surface area contributed by atoms with Gasteiger partial charge in [0.25, 0.3) is 0 Å². The molecular formula is C9H15IO3S. The molecule has 0 aliphatic rings. The van der Waals surface area contributed by atoms with Crippen LogP contribution < -0.4 is 0 Å². The number of carbonyl (C=O) groups is 1. The van der Waals surface area contributed by atoms with Gasteiger partial charge in [-0.3, -0.25) is 4.79 Å². The van der Waals surface area contributed by atoms with Crippen molar-refractivity contribution >= 4 is 45.8 Å². The number of thiocarbonyl (C=S) groups is 1. The molecule has 0 aromatic carbocycles. The second kappa shape index (κ2) is 8.40. The summed E-state index contributed by atoms with van der Waals surface area (Å²) in [4.78, 5) is 11.0. The van der Waals surface area contributed by atoms with Crippen molar-refractivity contribution in [1.82, 2.24) is 0 Å². The number of esters is 1. The second-order valence-corrected chi connectivity index (χ2v) is 4.47. The number of hydrogen-bond acceptors (Lipinski definition) is 4. The summed E-state index contributed by atoms with van der Waals surface area (Å²) in [6.45, 7) is 4.70. The van der Waals surface area contributed by atoms with E-state index in [0.29, 0.717) is 31.1 Å². The van der Waals surface area contributed by atoms with Crippen LogP contribution in [0.25, 0.3) is 0 Å². The van der Waals surface area contributed by atoms with Crippen LogP contribution in [0.15, 0.2) is 0 Å². The summed E-state index contributed by atoms with van der Waals surface area (Å²) in [6, 6.07) is 0. The average Bonchev–Trinajstić information content (AvgIpc) is 2.15. The lowest BCUT2D eigenvalue weighted by Crippen LogP contribution is -2.17. The molecule has 1 atom stereocenters. The van der Waals surface area contributed by atoms with Gasteiger partial charge >= 0.3 is 5.97 Å². The summed E-state index contributed by atoms with van der Waals surface area (Å²) in [7, 11) is 0. The van der Waals surface area contributed by atoms with Crippen molar-refractivity contribution in [3.05, 3.63) is 0 Å². The topological polar surface area (TPSA) is 35.5 Å². The first-order valence-electron chi connectivity index (χ1n) is 4.58. The molecule has 0 radical (unpaired) electrons. The van der Waals surface area contributed by atoms with Crippen LogP contribution in [0.5, 0.6) is 0 Å². The van der Waals surface area contributed by atoms with Crippen molar-refractivity contribution in [3.63, 3.8) is 0 Å². The Morgan fingerprint density at radius 2 is 1.93 bits per heavy atom. The van der Waals surface area contributed by atoms with Gasteiger partial charge in [0, 0.05) is 6.42 Å². The molecular weight excluding hydrogens is 315 g/mol. The van der Waals surface area contributed by atoms with Gasteiger partial charge < -0.3 is 9.47 Å². The van der Waals surface area contributed by atoms with E-state index in [0.717, 1.165) is 0 Å². The van der Waals surface area contributed by atoms with Crippen molar-refractivity contribution in [2.24, 2.45) is 0 Å². The van der Waals surface area contributed by atoms with Gasteiger partial charge in [-0.2, -0.15) is 0 Å². The fourth-order valence-electron chi connectivity index (χ4n) is 0.828. The molecule has 0 saturated carbocycles. The molecule has 0 fully saturated rings. The summed E-state index contributed by atoms with van der Waals surface area (Å²) < 4.78 is 10.1. The van der Waals surface area contributed by atoms with E-state index in [1.807, 2.05) is 6.92 Å². The maximum Gasteiger partial charge on any atom is 0.305 e. The predicted molar refractivity (Wildman–Crippen MR) is 67.9 cm³/mol. The molecule has 0 saturated heterocycles. The minimum Gasteiger partial charge on any atom is -0.486 e. The monoisotopic (exact) mass is 330 g/mol. The number of halogens is 1. The number of hydrogen-bond donors (Lipinski definition) is 0. The standard InChI is InChI=1S/C9H15IO3S/c1-3-12-8(11)6-5-7(10)9(14)13-4-2/h7H,3-6H2,1-2H3. The molecule has 0 N–H and O–H groups in total. The lowest BCUT2D eigenvalue weighted by molar-refractivity contribution is -0.143. The normalized spacial score (nSPS) is 11.9. The van der Waals surface area contributed by atoms with Gasteiger partial charge in [-0.15, -0.1) is 0 Å². The molecule has 82 valence electrons. The molecule has 0 aromatic heterocycles. The largest absolute Gasteiger partial charge is 0.486 e. The van der Waals surface area contributed by atoms with Crippen LogP contribution in [0.3, 0.4) is 0 Å². The molecule has 0 aromatic rings.